The lowest BCUT2D eigenvalue weighted by molar-refractivity contribution is -0.121. The largest absolute Gasteiger partial charge is 0.352 e. The molecule has 1 aromatic heterocycles. The summed E-state index contributed by atoms with van der Waals surface area (Å²) in [7, 11) is 0. The Bertz CT molecular complexity index is 525. The number of urea groups is 1. The van der Waals surface area contributed by atoms with Gasteiger partial charge in [0.2, 0.25) is 5.91 Å². The molecule has 1 aromatic rings. The molecular weight excluding hydrogens is 244 g/mol. The molecule has 3 heterocycles. The van der Waals surface area contributed by atoms with Crippen LogP contribution < -0.4 is 10.2 Å². The lowest BCUT2D eigenvalue weighted by Crippen LogP contribution is -2.65. The Hall–Kier alpha value is -2.11. The predicted molar refractivity (Wildman–Crippen MR) is 69.8 cm³/mol. The van der Waals surface area contributed by atoms with Gasteiger partial charge in [-0.1, -0.05) is 0 Å². The minimum Gasteiger partial charge on any atom is -0.352 e. The minimum absolute atomic E-state index is 0.176. The number of carbonyl (C=O) groups excluding carboxylic acids is 2. The van der Waals surface area contributed by atoms with Gasteiger partial charge in [0.1, 0.15) is 5.82 Å². The standard InChI is InChI=1S/C13H16N4O2/c1-9-2-4-14-11(6-9)16-7-10(8-16)17-5-3-12(18)15-13(17)19/h2,4,6,10H,3,5,7-8H2,1H3,(H,15,18,19). The Labute approximate surface area is 111 Å². The van der Waals surface area contributed by atoms with Crippen LogP contribution in [0.5, 0.6) is 0 Å². The van der Waals surface area contributed by atoms with Gasteiger partial charge >= 0.3 is 6.03 Å². The molecule has 0 aromatic carbocycles. The summed E-state index contributed by atoms with van der Waals surface area (Å²) in [6, 6.07) is 3.91. The van der Waals surface area contributed by atoms with Crippen molar-refractivity contribution in [3.8, 4) is 0 Å². The molecule has 0 radical (unpaired) electrons. The zero-order chi connectivity index (χ0) is 13.4. The molecule has 0 saturated carbocycles. The van der Waals surface area contributed by atoms with Crippen molar-refractivity contribution in [3.63, 3.8) is 0 Å². The molecule has 2 fully saturated rings. The SMILES string of the molecule is Cc1ccnc(N2CC(N3CCC(=O)NC3=O)C2)c1. The molecule has 1 N–H and O–H groups in total. The fraction of sp³-hybridized carbons (Fsp3) is 0.462. The monoisotopic (exact) mass is 260 g/mol. The summed E-state index contributed by atoms with van der Waals surface area (Å²) in [5.74, 6) is 0.766. The number of rotatable bonds is 2. The zero-order valence-electron chi connectivity index (χ0n) is 10.8. The number of imide groups is 1. The van der Waals surface area contributed by atoms with Crippen LogP contribution in [0.4, 0.5) is 10.6 Å². The van der Waals surface area contributed by atoms with Crippen molar-refractivity contribution in [2.45, 2.75) is 19.4 Å². The second kappa shape index (κ2) is 4.53. The summed E-state index contributed by atoms with van der Waals surface area (Å²) in [6.07, 6.45) is 2.19. The summed E-state index contributed by atoms with van der Waals surface area (Å²) in [5, 5.41) is 2.36. The Morgan fingerprint density at radius 2 is 2.16 bits per heavy atom. The van der Waals surface area contributed by atoms with E-state index >= 15 is 0 Å². The lowest BCUT2D eigenvalue weighted by Gasteiger charge is -2.46. The maximum absolute atomic E-state index is 11.7. The van der Waals surface area contributed by atoms with Gasteiger partial charge in [0, 0.05) is 32.3 Å². The van der Waals surface area contributed by atoms with Crippen molar-refractivity contribution < 1.29 is 9.59 Å². The third-order valence-corrected chi connectivity index (χ3v) is 3.62. The minimum atomic E-state index is -0.266. The first kappa shape index (κ1) is 12.0. The van der Waals surface area contributed by atoms with Crippen LogP contribution in [-0.2, 0) is 4.79 Å². The van der Waals surface area contributed by atoms with Gasteiger partial charge in [-0.15, -0.1) is 0 Å². The number of hydrogen-bond acceptors (Lipinski definition) is 4. The van der Waals surface area contributed by atoms with Gasteiger partial charge in [-0.3, -0.25) is 10.1 Å². The van der Waals surface area contributed by atoms with Crippen LogP contribution in [0.2, 0.25) is 0 Å². The van der Waals surface area contributed by atoms with Gasteiger partial charge in [-0.2, -0.15) is 0 Å². The van der Waals surface area contributed by atoms with E-state index in [0.29, 0.717) is 13.0 Å². The number of hydrogen-bond donors (Lipinski definition) is 1. The maximum Gasteiger partial charge on any atom is 0.324 e. The van der Waals surface area contributed by atoms with Crippen molar-refractivity contribution in [2.75, 3.05) is 24.5 Å². The van der Waals surface area contributed by atoms with Crippen LogP contribution >= 0.6 is 0 Å². The quantitative estimate of drug-likeness (QED) is 0.842. The van der Waals surface area contributed by atoms with Crippen LogP contribution in [0.3, 0.4) is 0 Å². The Morgan fingerprint density at radius 1 is 1.37 bits per heavy atom. The van der Waals surface area contributed by atoms with Crippen molar-refractivity contribution >= 4 is 17.8 Å². The van der Waals surface area contributed by atoms with Crippen LogP contribution in [0.15, 0.2) is 18.3 Å². The number of carbonyl (C=O) groups is 2. The number of pyridine rings is 1. The molecule has 2 aliphatic rings. The van der Waals surface area contributed by atoms with Gasteiger partial charge in [0.25, 0.3) is 0 Å². The fourth-order valence-electron chi connectivity index (χ4n) is 2.46. The van der Waals surface area contributed by atoms with E-state index in [4.69, 9.17) is 0 Å². The first-order valence-electron chi connectivity index (χ1n) is 6.41. The smallest absolute Gasteiger partial charge is 0.324 e. The maximum atomic E-state index is 11.7. The highest BCUT2D eigenvalue weighted by molar-refractivity contribution is 5.96. The van der Waals surface area contributed by atoms with Crippen molar-refractivity contribution in [3.05, 3.63) is 23.9 Å². The number of nitrogens with one attached hydrogen (secondary N) is 1. The van der Waals surface area contributed by atoms with E-state index in [9.17, 15) is 9.59 Å². The summed E-state index contributed by atoms with van der Waals surface area (Å²) in [4.78, 5) is 31.0. The highest BCUT2D eigenvalue weighted by atomic mass is 16.2. The van der Waals surface area contributed by atoms with Crippen LogP contribution in [0, 0.1) is 6.92 Å². The molecule has 6 heteroatoms. The summed E-state index contributed by atoms with van der Waals surface area (Å²) in [5.41, 5.74) is 1.18. The number of aryl methyl sites for hydroxylation is 1. The van der Waals surface area contributed by atoms with Crippen LogP contribution in [0.25, 0.3) is 0 Å². The third-order valence-electron chi connectivity index (χ3n) is 3.62. The Kier molecular flexibility index (Phi) is 2.85. The number of nitrogens with zero attached hydrogens (tertiary/aromatic N) is 3. The van der Waals surface area contributed by atoms with Crippen LogP contribution in [0.1, 0.15) is 12.0 Å². The molecule has 6 nitrogen and oxygen atoms in total. The van der Waals surface area contributed by atoms with E-state index in [1.165, 1.54) is 5.56 Å². The van der Waals surface area contributed by atoms with E-state index in [0.717, 1.165) is 18.9 Å². The molecular formula is C13H16N4O2. The Morgan fingerprint density at radius 3 is 2.84 bits per heavy atom. The molecule has 2 saturated heterocycles. The Balaban J connectivity index is 1.61. The highest BCUT2D eigenvalue weighted by Crippen LogP contribution is 2.23. The van der Waals surface area contributed by atoms with Gasteiger partial charge in [0.05, 0.1) is 6.04 Å². The van der Waals surface area contributed by atoms with Gasteiger partial charge in [-0.25, -0.2) is 9.78 Å². The molecule has 3 rings (SSSR count). The molecule has 0 bridgehead atoms. The van der Waals surface area contributed by atoms with Crippen molar-refractivity contribution in [1.82, 2.24) is 15.2 Å². The highest BCUT2D eigenvalue weighted by Gasteiger charge is 2.37. The second-order valence-electron chi connectivity index (χ2n) is 5.05. The molecule has 0 spiro atoms. The summed E-state index contributed by atoms with van der Waals surface area (Å²) in [6.45, 7) is 4.10. The molecule has 0 aliphatic carbocycles. The van der Waals surface area contributed by atoms with E-state index in [1.807, 2.05) is 19.1 Å². The van der Waals surface area contributed by atoms with Crippen molar-refractivity contribution in [1.29, 1.82) is 0 Å². The lowest BCUT2D eigenvalue weighted by atomic mass is 10.1. The van der Waals surface area contributed by atoms with Gasteiger partial charge < -0.3 is 9.80 Å². The predicted octanol–water partition coefficient (Wildman–Crippen LogP) is 0.521. The normalized spacial score (nSPS) is 20.3. The van der Waals surface area contributed by atoms with Crippen molar-refractivity contribution in [2.24, 2.45) is 0 Å². The fourth-order valence-corrected chi connectivity index (χ4v) is 2.46. The molecule has 2 aliphatic heterocycles. The molecule has 19 heavy (non-hydrogen) atoms. The number of aromatic nitrogens is 1. The summed E-state index contributed by atoms with van der Waals surface area (Å²) >= 11 is 0. The average molecular weight is 260 g/mol. The van der Waals surface area contributed by atoms with Gasteiger partial charge in [-0.05, 0) is 24.6 Å². The summed E-state index contributed by atoms with van der Waals surface area (Å²) < 4.78 is 0. The molecule has 0 unspecified atom stereocenters. The molecule has 0 atom stereocenters. The number of anilines is 1. The topological polar surface area (TPSA) is 65.5 Å². The molecule has 3 amide bonds. The van der Waals surface area contributed by atoms with Gasteiger partial charge in [0.15, 0.2) is 0 Å². The first-order valence-corrected chi connectivity index (χ1v) is 6.41. The van der Waals surface area contributed by atoms with E-state index in [1.54, 1.807) is 11.1 Å². The van der Waals surface area contributed by atoms with E-state index < -0.39 is 0 Å². The van der Waals surface area contributed by atoms with E-state index in [-0.39, 0.29) is 18.0 Å². The third kappa shape index (κ3) is 2.25. The second-order valence-corrected chi connectivity index (χ2v) is 5.05. The number of amides is 3. The first-order chi connectivity index (χ1) is 9.13. The average Bonchev–Trinajstić information content (AvgIpc) is 2.30. The van der Waals surface area contributed by atoms with Crippen LogP contribution in [-0.4, -0.2) is 47.5 Å². The van der Waals surface area contributed by atoms with E-state index in [2.05, 4.69) is 15.2 Å². The zero-order valence-corrected chi connectivity index (χ0v) is 10.8. The molecule has 100 valence electrons.